The van der Waals surface area contributed by atoms with E-state index in [1.165, 1.54) is 16.7 Å². The number of halogens is 1. The second-order valence-electron chi connectivity index (χ2n) is 7.25. The topological polar surface area (TPSA) is 78.5 Å². The number of nitrogens with zero attached hydrogens (tertiary/aromatic N) is 1. The minimum Gasteiger partial charge on any atom is -0.293 e. The van der Waals surface area contributed by atoms with Crippen LogP contribution >= 0.6 is 35.6 Å². The van der Waals surface area contributed by atoms with Gasteiger partial charge in [-0.2, -0.15) is 0 Å². The van der Waals surface area contributed by atoms with Gasteiger partial charge in [-0.05, 0) is 54.8 Å². The summed E-state index contributed by atoms with van der Waals surface area (Å²) in [6.07, 6.45) is 4.35. The summed E-state index contributed by atoms with van der Waals surface area (Å²) in [5.74, 6) is -0.969. The number of thioether (sulfide) groups is 1. The molecule has 0 aliphatic carbocycles. The number of carbonyl (C=O) groups excluding carboxylic acids is 3. The van der Waals surface area contributed by atoms with Gasteiger partial charge in [-0.3, -0.25) is 30.1 Å². The van der Waals surface area contributed by atoms with Gasteiger partial charge in [-0.15, -0.1) is 0 Å². The van der Waals surface area contributed by atoms with Crippen LogP contribution in [0.4, 0.5) is 0 Å². The monoisotopic (exact) mass is 499 g/mol. The van der Waals surface area contributed by atoms with E-state index in [4.69, 9.17) is 23.8 Å². The van der Waals surface area contributed by atoms with E-state index in [2.05, 4.69) is 10.9 Å². The molecule has 0 atom stereocenters. The van der Waals surface area contributed by atoms with E-state index in [0.29, 0.717) is 32.8 Å². The van der Waals surface area contributed by atoms with Crippen molar-refractivity contribution in [1.82, 2.24) is 15.8 Å². The standard InChI is InChI=1S/C24H22ClN3O3S2/c1-16(14-17-6-3-2-4-7-17)15-20-23(31)28(24(32)33-20)13-5-8-21(29)26-27-22(30)18-9-11-19(25)12-10-18/h2-4,6-7,9-12,14-15H,5,8,13H2,1H3,(H,26,29)(H,27,30). The van der Waals surface area contributed by atoms with E-state index >= 15 is 0 Å². The van der Waals surface area contributed by atoms with Gasteiger partial charge in [0.25, 0.3) is 11.8 Å². The van der Waals surface area contributed by atoms with Gasteiger partial charge in [0, 0.05) is 23.6 Å². The van der Waals surface area contributed by atoms with Gasteiger partial charge < -0.3 is 0 Å². The number of hydrogen-bond acceptors (Lipinski definition) is 5. The van der Waals surface area contributed by atoms with E-state index in [1.54, 1.807) is 24.3 Å². The molecule has 2 aromatic rings. The zero-order valence-corrected chi connectivity index (χ0v) is 20.2. The van der Waals surface area contributed by atoms with E-state index in [0.717, 1.165) is 11.1 Å². The quantitative estimate of drug-likeness (QED) is 0.327. The van der Waals surface area contributed by atoms with Gasteiger partial charge in [0.15, 0.2) is 0 Å². The molecule has 9 heteroatoms. The Morgan fingerprint density at radius 1 is 1.09 bits per heavy atom. The predicted molar refractivity (Wildman–Crippen MR) is 136 cm³/mol. The fourth-order valence-corrected chi connectivity index (χ4v) is 4.50. The molecule has 2 aromatic carbocycles. The maximum Gasteiger partial charge on any atom is 0.269 e. The summed E-state index contributed by atoms with van der Waals surface area (Å²) in [5, 5.41) is 0.517. The van der Waals surface area contributed by atoms with Crippen molar-refractivity contribution in [3.63, 3.8) is 0 Å². The summed E-state index contributed by atoms with van der Waals surface area (Å²) >= 11 is 12.4. The minimum atomic E-state index is -0.443. The minimum absolute atomic E-state index is 0.129. The molecule has 1 fully saturated rings. The SMILES string of the molecule is CC(=Cc1ccccc1)C=C1SC(=S)N(CCCC(=O)NNC(=O)c2ccc(Cl)cc2)C1=O. The average Bonchev–Trinajstić information content (AvgIpc) is 3.05. The molecule has 1 heterocycles. The Balaban J connectivity index is 1.46. The fraction of sp³-hybridized carbons (Fsp3) is 0.167. The summed E-state index contributed by atoms with van der Waals surface area (Å²) in [4.78, 5) is 38.9. The summed E-state index contributed by atoms with van der Waals surface area (Å²) in [6.45, 7) is 2.25. The Bertz CT molecular complexity index is 1120. The second-order valence-corrected chi connectivity index (χ2v) is 9.36. The highest BCUT2D eigenvalue weighted by Crippen LogP contribution is 2.32. The van der Waals surface area contributed by atoms with Crippen LogP contribution in [0.5, 0.6) is 0 Å². The zero-order valence-electron chi connectivity index (χ0n) is 17.8. The number of hydrazine groups is 1. The van der Waals surface area contributed by atoms with E-state index in [1.807, 2.05) is 49.4 Å². The van der Waals surface area contributed by atoms with E-state index < -0.39 is 5.91 Å². The highest BCUT2D eigenvalue weighted by atomic mass is 35.5. The van der Waals surface area contributed by atoms with Crippen molar-refractivity contribution in [3.8, 4) is 0 Å². The number of thiocarbonyl (C=S) groups is 1. The van der Waals surface area contributed by atoms with Gasteiger partial charge >= 0.3 is 0 Å². The normalized spacial score (nSPS) is 15.2. The van der Waals surface area contributed by atoms with E-state index in [-0.39, 0.29) is 18.2 Å². The fourth-order valence-electron chi connectivity index (χ4n) is 3.01. The van der Waals surface area contributed by atoms with Crippen molar-refractivity contribution in [1.29, 1.82) is 0 Å². The Morgan fingerprint density at radius 2 is 1.79 bits per heavy atom. The number of allylic oxidation sites excluding steroid dienone is 2. The van der Waals surface area contributed by atoms with Gasteiger partial charge in [-0.25, -0.2) is 0 Å². The van der Waals surface area contributed by atoms with Crippen LogP contribution in [0.3, 0.4) is 0 Å². The van der Waals surface area contributed by atoms with Gasteiger partial charge in [0.05, 0.1) is 4.91 Å². The maximum absolute atomic E-state index is 12.7. The van der Waals surface area contributed by atoms with Crippen LogP contribution in [0.2, 0.25) is 5.02 Å². The molecule has 0 spiro atoms. The van der Waals surface area contributed by atoms with Crippen molar-refractivity contribution in [2.45, 2.75) is 19.8 Å². The first-order chi connectivity index (χ1) is 15.8. The van der Waals surface area contributed by atoms with Gasteiger partial charge in [0.1, 0.15) is 4.32 Å². The lowest BCUT2D eigenvalue weighted by Gasteiger charge is -2.14. The number of rotatable bonds is 7. The van der Waals surface area contributed by atoms with Crippen LogP contribution in [0, 0.1) is 0 Å². The number of benzene rings is 2. The van der Waals surface area contributed by atoms with Crippen LogP contribution in [0.1, 0.15) is 35.7 Å². The Morgan fingerprint density at radius 3 is 2.48 bits per heavy atom. The Kier molecular flexibility index (Phi) is 8.82. The molecule has 0 radical (unpaired) electrons. The molecule has 33 heavy (non-hydrogen) atoms. The second kappa shape index (κ2) is 11.8. The van der Waals surface area contributed by atoms with Crippen molar-refractivity contribution >= 4 is 63.7 Å². The van der Waals surface area contributed by atoms with Crippen LogP contribution in [-0.2, 0) is 9.59 Å². The molecule has 6 nitrogen and oxygen atoms in total. The average molecular weight is 500 g/mol. The van der Waals surface area contributed by atoms with Crippen molar-refractivity contribution < 1.29 is 14.4 Å². The summed E-state index contributed by atoms with van der Waals surface area (Å²) < 4.78 is 0.468. The van der Waals surface area contributed by atoms with Gasteiger partial charge in [0.2, 0.25) is 5.91 Å². The van der Waals surface area contributed by atoms with Crippen molar-refractivity contribution in [2.24, 2.45) is 0 Å². The lowest BCUT2D eigenvalue weighted by molar-refractivity contribution is -0.124. The van der Waals surface area contributed by atoms with Gasteiger partial charge in [-0.1, -0.05) is 72.0 Å². The van der Waals surface area contributed by atoms with Crippen molar-refractivity contribution in [2.75, 3.05) is 6.54 Å². The number of hydrogen-bond donors (Lipinski definition) is 2. The summed E-state index contributed by atoms with van der Waals surface area (Å²) in [5.41, 5.74) is 7.09. The Hall–Kier alpha value is -2.94. The third kappa shape index (κ3) is 7.28. The first kappa shape index (κ1) is 24.7. The predicted octanol–water partition coefficient (Wildman–Crippen LogP) is 4.73. The molecule has 1 saturated heterocycles. The Labute approximate surface area is 207 Å². The summed E-state index contributed by atoms with van der Waals surface area (Å²) in [6, 6.07) is 16.1. The number of amides is 3. The molecular weight excluding hydrogens is 478 g/mol. The molecule has 170 valence electrons. The lowest BCUT2D eigenvalue weighted by Crippen LogP contribution is -2.41. The molecule has 0 unspecified atom stereocenters. The molecule has 1 aliphatic heterocycles. The number of nitrogens with one attached hydrogen (secondary N) is 2. The molecule has 2 N–H and O–H groups in total. The molecular formula is C24H22ClN3O3S2. The highest BCUT2D eigenvalue weighted by molar-refractivity contribution is 8.26. The molecule has 1 aliphatic rings. The molecule has 3 rings (SSSR count). The van der Waals surface area contributed by atoms with Crippen LogP contribution in [-0.4, -0.2) is 33.5 Å². The van der Waals surface area contributed by atoms with Crippen LogP contribution in [0.15, 0.2) is 71.2 Å². The molecule has 3 amide bonds. The maximum atomic E-state index is 12.7. The lowest BCUT2D eigenvalue weighted by atomic mass is 10.1. The smallest absolute Gasteiger partial charge is 0.269 e. The molecule has 0 aromatic heterocycles. The first-order valence-electron chi connectivity index (χ1n) is 10.2. The third-order valence-corrected chi connectivity index (χ3v) is 6.26. The van der Waals surface area contributed by atoms with Crippen molar-refractivity contribution in [3.05, 3.63) is 87.3 Å². The zero-order chi connectivity index (χ0) is 23.8. The third-order valence-electron chi connectivity index (χ3n) is 4.63. The molecule has 0 bridgehead atoms. The number of carbonyl (C=O) groups is 3. The van der Waals surface area contributed by atoms with Crippen LogP contribution in [0.25, 0.3) is 6.08 Å². The van der Waals surface area contributed by atoms with Crippen LogP contribution < -0.4 is 10.9 Å². The first-order valence-corrected chi connectivity index (χ1v) is 11.8. The molecule has 0 saturated carbocycles. The largest absolute Gasteiger partial charge is 0.293 e. The highest BCUT2D eigenvalue weighted by Gasteiger charge is 2.31. The summed E-state index contributed by atoms with van der Waals surface area (Å²) in [7, 11) is 0. The van der Waals surface area contributed by atoms with E-state index in [9.17, 15) is 14.4 Å².